The van der Waals surface area contributed by atoms with Crippen molar-refractivity contribution in [3.63, 3.8) is 0 Å². The number of benzene rings is 3. The van der Waals surface area contributed by atoms with Crippen molar-refractivity contribution in [3.8, 4) is 0 Å². The molecule has 1 amide bonds. The molecule has 0 aliphatic carbocycles. The molecule has 0 fully saturated rings. The number of carbonyl (C=O) groups is 2. The van der Waals surface area contributed by atoms with Gasteiger partial charge in [-0.1, -0.05) is 48.5 Å². The van der Waals surface area contributed by atoms with Crippen LogP contribution in [0.2, 0.25) is 0 Å². The van der Waals surface area contributed by atoms with Crippen LogP contribution < -0.4 is 10.0 Å². The Bertz CT molecular complexity index is 1770. The molecule has 0 unspecified atom stereocenters. The summed E-state index contributed by atoms with van der Waals surface area (Å²) in [4.78, 5) is 31.8. The summed E-state index contributed by atoms with van der Waals surface area (Å²) in [5.41, 5.74) is 9.33. The first-order valence-corrected chi connectivity index (χ1v) is 15.0. The zero-order chi connectivity index (χ0) is 29.9. The Kier molecular flexibility index (Phi) is 8.21. The van der Waals surface area contributed by atoms with E-state index < -0.39 is 22.5 Å². The number of ether oxygens (including phenoxy) is 1. The summed E-state index contributed by atoms with van der Waals surface area (Å²) < 4.78 is 34.3. The van der Waals surface area contributed by atoms with Crippen LogP contribution in [-0.4, -0.2) is 55.7 Å². The van der Waals surface area contributed by atoms with E-state index in [4.69, 9.17) is 15.9 Å². The van der Waals surface area contributed by atoms with Gasteiger partial charge in [-0.05, 0) is 54.3 Å². The number of amidine groups is 1. The van der Waals surface area contributed by atoms with Crippen molar-refractivity contribution < 1.29 is 22.7 Å². The highest BCUT2D eigenvalue weighted by Crippen LogP contribution is 2.31. The summed E-state index contributed by atoms with van der Waals surface area (Å²) in [7, 11) is -4.24. The van der Waals surface area contributed by atoms with E-state index in [1.54, 1.807) is 72.5 Å². The van der Waals surface area contributed by atoms with Crippen molar-refractivity contribution in [2.45, 2.75) is 31.2 Å². The molecule has 5 rings (SSSR count). The highest BCUT2D eigenvalue weighted by atomic mass is 32.2. The number of anilines is 1. The van der Waals surface area contributed by atoms with Gasteiger partial charge in [0.25, 0.3) is 10.0 Å². The van der Waals surface area contributed by atoms with Crippen LogP contribution in [0, 0.1) is 5.41 Å². The molecule has 0 saturated heterocycles. The number of para-hydroxylation sites is 1. The number of nitrogens with two attached hydrogens (primary N) is 1. The predicted molar refractivity (Wildman–Crippen MR) is 160 cm³/mol. The van der Waals surface area contributed by atoms with Gasteiger partial charge in [-0.15, -0.1) is 0 Å². The molecule has 0 bridgehead atoms. The molecule has 2 heterocycles. The molecule has 1 aliphatic heterocycles. The summed E-state index contributed by atoms with van der Waals surface area (Å²) >= 11 is 0. The maximum Gasteiger partial charge on any atom is 0.326 e. The summed E-state index contributed by atoms with van der Waals surface area (Å²) in [6, 6.07) is 20.7. The van der Waals surface area contributed by atoms with Crippen LogP contribution in [0.5, 0.6) is 0 Å². The molecule has 1 aliphatic rings. The van der Waals surface area contributed by atoms with Crippen LogP contribution in [0.4, 0.5) is 5.69 Å². The van der Waals surface area contributed by atoms with E-state index in [0.29, 0.717) is 41.7 Å². The maximum atomic E-state index is 14.1. The lowest BCUT2D eigenvalue weighted by molar-refractivity contribution is -0.141. The van der Waals surface area contributed by atoms with Crippen molar-refractivity contribution in [3.05, 3.63) is 101 Å². The van der Waals surface area contributed by atoms with Gasteiger partial charge < -0.3 is 15.4 Å². The van der Waals surface area contributed by atoms with E-state index >= 15 is 0 Å². The molecule has 10 nitrogen and oxygen atoms in total. The Labute approximate surface area is 244 Å². The second-order valence-corrected chi connectivity index (χ2v) is 11.8. The minimum Gasteiger partial charge on any atom is -0.465 e. The Balaban J connectivity index is 1.44. The molecule has 3 N–H and O–H groups in total. The fourth-order valence-corrected chi connectivity index (χ4v) is 6.61. The van der Waals surface area contributed by atoms with E-state index in [0.717, 1.165) is 21.0 Å². The normalized spacial score (nSPS) is 12.9. The molecule has 4 aromatic rings. The molecule has 0 radical (unpaired) electrons. The van der Waals surface area contributed by atoms with Crippen LogP contribution >= 0.6 is 0 Å². The maximum absolute atomic E-state index is 14.1. The third-order valence-corrected chi connectivity index (χ3v) is 9.01. The van der Waals surface area contributed by atoms with Gasteiger partial charge in [-0.2, -0.15) is 0 Å². The van der Waals surface area contributed by atoms with E-state index in [2.05, 4.69) is 4.98 Å². The number of hydrogen-bond acceptors (Lipinski definition) is 7. The van der Waals surface area contributed by atoms with Gasteiger partial charge >= 0.3 is 5.97 Å². The Morgan fingerprint density at radius 1 is 1.05 bits per heavy atom. The zero-order valence-electron chi connectivity index (χ0n) is 23.1. The second-order valence-electron chi connectivity index (χ2n) is 9.95. The Morgan fingerprint density at radius 2 is 1.81 bits per heavy atom. The first kappa shape index (κ1) is 28.7. The number of carbonyl (C=O) groups excluding carboxylic acids is 2. The largest absolute Gasteiger partial charge is 0.465 e. The van der Waals surface area contributed by atoms with Crippen LogP contribution in [0.1, 0.15) is 29.2 Å². The van der Waals surface area contributed by atoms with Gasteiger partial charge in [0.1, 0.15) is 17.3 Å². The van der Waals surface area contributed by atoms with Crippen LogP contribution in [0.3, 0.4) is 0 Å². The molecular weight excluding hydrogens is 554 g/mol. The average Bonchev–Trinajstić information content (AvgIpc) is 2.99. The molecule has 0 saturated carbocycles. The number of pyridine rings is 1. The van der Waals surface area contributed by atoms with Gasteiger partial charge in [-0.3, -0.25) is 24.3 Å². The average molecular weight is 586 g/mol. The SMILES string of the molecule is CCOC(=O)CN(c1ccc2c(c1)CN(C(=O)Cc1ccc(C(=N)N)cc1)CC2)S(=O)(=O)c1cccc2cccnc12. The van der Waals surface area contributed by atoms with Crippen molar-refractivity contribution in [1.82, 2.24) is 9.88 Å². The highest BCUT2D eigenvalue weighted by molar-refractivity contribution is 7.93. The fourth-order valence-electron chi connectivity index (χ4n) is 5.04. The number of nitrogens with one attached hydrogen (secondary N) is 1. The van der Waals surface area contributed by atoms with Gasteiger partial charge in [0, 0.05) is 30.2 Å². The topological polar surface area (TPSA) is 147 Å². The lowest BCUT2D eigenvalue weighted by Crippen LogP contribution is -2.38. The second kappa shape index (κ2) is 12.0. The van der Waals surface area contributed by atoms with E-state index in [-0.39, 0.29) is 29.7 Å². The lowest BCUT2D eigenvalue weighted by Gasteiger charge is -2.31. The van der Waals surface area contributed by atoms with Crippen molar-refractivity contribution in [1.29, 1.82) is 5.41 Å². The summed E-state index contributed by atoms with van der Waals surface area (Å²) in [6.07, 6.45) is 2.33. The summed E-state index contributed by atoms with van der Waals surface area (Å²) in [5.74, 6) is -0.786. The van der Waals surface area contributed by atoms with Gasteiger partial charge in [0.2, 0.25) is 5.91 Å². The van der Waals surface area contributed by atoms with Gasteiger partial charge in [0.05, 0.1) is 24.2 Å². The van der Waals surface area contributed by atoms with Crippen molar-refractivity contribution >= 4 is 44.3 Å². The van der Waals surface area contributed by atoms with E-state index in [1.807, 2.05) is 6.07 Å². The molecule has 1 aromatic heterocycles. The predicted octanol–water partition coefficient (Wildman–Crippen LogP) is 3.40. The minimum absolute atomic E-state index is 0.0183. The zero-order valence-corrected chi connectivity index (χ0v) is 23.9. The van der Waals surface area contributed by atoms with Crippen LogP contribution in [0.25, 0.3) is 10.9 Å². The third kappa shape index (κ3) is 5.96. The number of fused-ring (bicyclic) bond motifs is 2. The number of aromatic nitrogens is 1. The fraction of sp³-hybridized carbons (Fsp3) is 0.226. The molecule has 216 valence electrons. The number of sulfonamides is 1. The number of nitrogen functional groups attached to an aromatic ring is 1. The monoisotopic (exact) mass is 585 g/mol. The molecule has 0 spiro atoms. The minimum atomic E-state index is -4.24. The van der Waals surface area contributed by atoms with Crippen LogP contribution in [-0.2, 0) is 43.7 Å². The molecular formula is C31H31N5O5S. The number of hydrogen-bond donors (Lipinski definition) is 2. The van der Waals surface area contributed by atoms with Gasteiger partial charge in [0.15, 0.2) is 0 Å². The van der Waals surface area contributed by atoms with E-state index in [9.17, 15) is 18.0 Å². The standard InChI is InChI=1S/C31H31N5O5S/c1-2-41-29(38)20-36(42(39,40)27-7-3-5-23-6-4-15-34-30(23)27)26-13-12-22-14-16-35(19-25(22)18-26)28(37)17-21-8-10-24(11-9-21)31(32)33/h3-13,15,18H,2,14,16-17,19-20H2,1H3,(H3,32,33). The number of esters is 1. The third-order valence-electron chi connectivity index (χ3n) is 7.20. The van der Waals surface area contributed by atoms with Crippen LogP contribution in [0.15, 0.2) is 83.9 Å². The van der Waals surface area contributed by atoms with Crippen molar-refractivity contribution in [2.24, 2.45) is 5.73 Å². The lowest BCUT2D eigenvalue weighted by atomic mass is 9.98. The molecule has 3 aromatic carbocycles. The first-order valence-electron chi connectivity index (χ1n) is 13.5. The summed E-state index contributed by atoms with van der Waals surface area (Å²) in [5, 5.41) is 8.20. The number of rotatable bonds is 9. The van der Waals surface area contributed by atoms with Gasteiger partial charge in [-0.25, -0.2) is 8.42 Å². The quantitative estimate of drug-likeness (QED) is 0.174. The highest BCUT2D eigenvalue weighted by Gasteiger charge is 2.31. The number of amides is 1. The van der Waals surface area contributed by atoms with Crippen molar-refractivity contribution in [2.75, 3.05) is 24.0 Å². The smallest absolute Gasteiger partial charge is 0.326 e. The number of nitrogens with zero attached hydrogens (tertiary/aromatic N) is 3. The molecule has 11 heteroatoms. The van der Waals surface area contributed by atoms with E-state index in [1.165, 1.54) is 12.3 Å². The molecule has 0 atom stereocenters. The first-order chi connectivity index (χ1) is 20.2. The summed E-state index contributed by atoms with van der Waals surface area (Å²) in [6.45, 7) is 2.09. The Morgan fingerprint density at radius 3 is 2.55 bits per heavy atom. The Hall–Kier alpha value is -4.77. The molecule has 42 heavy (non-hydrogen) atoms.